The fraction of sp³-hybridized carbons (Fsp3) is 0.259. The summed E-state index contributed by atoms with van der Waals surface area (Å²) in [5.74, 6) is 0.699. The lowest BCUT2D eigenvalue weighted by atomic mass is 9.88. The van der Waals surface area contributed by atoms with Crippen molar-refractivity contribution < 1.29 is 14.3 Å². The Morgan fingerprint density at radius 1 is 0.970 bits per heavy atom. The van der Waals surface area contributed by atoms with Gasteiger partial charge in [0.05, 0.1) is 18.8 Å². The number of hydrogen-bond acceptors (Lipinski definition) is 4. The van der Waals surface area contributed by atoms with Gasteiger partial charge in [-0.25, -0.2) is 0 Å². The Kier molecular flexibility index (Phi) is 6.36. The van der Waals surface area contributed by atoms with E-state index in [-0.39, 0.29) is 23.9 Å². The van der Waals surface area contributed by atoms with Gasteiger partial charge >= 0.3 is 0 Å². The Bertz CT molecular complexity index is 1190. The van der Waals surface area contributed by atoms with Gasteiger partial charge in [-0.15, -0.1) is 0 Å². The number of methoxy groups -OCH3 is 1. The molecule has 0 radical (unpaired) electrons. The first-order valence-corrected chi connectivity index (χ1v) is 11.1. The molecule has 3 aromatic carbocycles. The number of nitrogens with one attached hydrogen (secondary N) is 2. The maximum absolute atomic E-state index is 12.5. The molecule has 1 aliphatic heterocycles. The van der Waals surface area contributed by atoms with Gasteiger partial charge in [-0.2, -0.15) is 0 Å². The normalized spacial score (nSPS) is 17.2. The summed E-state index contributed by atoms with van der Waals surface area (Å²) in [5, 5.41) is 6.48. The van der Waals surface area contributed by atoms with Crippen LogP contribution in [0.25, 0.3) is 11.1 Å². The first kappa shape index (κ1) is 22.4. The van der Waals surface area contributed by atoms with Crippen molar-refractivity contribution in [2.24, 2.45) is 0 Å². The second-order valence-electron chi connectivity index (χ2n) is 8.41. The average Bonchev–Trinajstić information content (AvgIpc) is 2.78. The number of para-hydroxylation sites is 2. The topological polar surface area (TPSA) is 70.7 Å². The van der Waals surface area contributed by atoms with Crippen molar-refractivity contribution in [2.75, 3.05) is 22.6 Å². The third-order valence-electron chi connectivity index (χ3n) is 5.97. The van der Waals surface area contributed by atoms with Crippen LogP contribution in [0.3, 0.4) is 0 Å². The van der Waals surface area contributed by atoms with Crippen LogP contribution >= 0.6 is 0 Å². The van der Waals surface area contributed by atoms with E-state index < -0.39 is 0 Å². The number of anilines is 3. The van der Waals surface area contributed by atoms with E-state index in [1.54, 1.807) is 14.0 Å². The Morgan fingerprint density at radius 3 is 2.45 bits per heavy atom. The molecule has 1 aliphatic rings. The fourth-order valence-corrected chi connectivity index (χ4v) is 4.59. The van der Waals surface area contributed by atoms with Crippen LogP contribution in [-0.2, 0) is 9.59 Å². The number of rotatable bonds is 5. The van der Waals surface area contributed by atoms with Gasteiger partial charge in [-0.1, -0.05) is 30.3 Å². The van der Waals surface area contributed by atoms with Crippen molar-refractivity contribution in [3.63, 3.8) is 0 Å². The van der Waals surface area contributed by atoms with Gasteiger partial charge in [-0.3, -0.25) is 9.59 Å². The predicted octanol–water partition coefficient (Wildman–Crippen LogP) is 5.62. The van der Waals surface area contributed by atoms with E-state index >= 15 is 0 Å². The van der Waals surface area contributed by atoms with Crippen molar-refractivity contribution in [3.8, 4) is 16.9 Å². The van der Waals surface area contributed by atoms with Crippen molar-refractivity contribution >= 4 is 28.9 Å². The molecular weight excluding hydrogens is 414 g/mol. The highest BCUT2D eigenvalue weighted by Crippen LogP contribution is 2.42. The van der Waals surface area contributed by atoms with Crippen molar-refractivity contribution in [1.29, 1.82) is 0 Å². The Labute approximate surface area is 194 Å². The molecule has 1 heterocycles. The minimum Gasteiger partial charge on any atom is -0.495 e. The Hall–Kier alpha value is -3.80. The molecule has 2 amide bonds. The number of amides is 2. The SMILES string of the molecule is COc1ccccc1N[C@@H]1C[C@H](C)N(C(C)=O)c2ccc(-c3cccc(NC(C)=O)c3)cc21. The second-order valence-corrected chi connectivity index (χ2v) is 8.41. The second kappa shape index (κ2) is 9.36. The summed E-state index contributed by atoms with van der Waals surface area (Å²) in [5.41, 5.74) is 5.64. The molecule has 170 valence electrons. The smallest absolute Gasteiger partial charge is 0.224 e. The highest BCUT2D eigenvalue weighted by molar-refractivity contribution is 5.94. The van der Waals surface area contributed by atoms with E-state index in [9.17, 15) is 9.59 Å². The van der Waals surface area contributed by atoms with E-state index in [4.69, 9.17) is 4.74 Å². The van der Waals surface area contributed by atoms with E-state index in [1.165, 1.54) is 6.92 Å². The van der Waals surface area contributed by atoms with Crippen LogP contribution in [0.4, 0.5) is 17.1 Å². The van der Waals surface area contributed by atoms with Gasteiger partial charge in [0.25, 0.3) is 0 Å². The van der Waals surface area contributed by atoms with Gasteiger partial charge in [0, 0.05) is 31.3 Å². The molecular formula is C27H29N3O3. The molecule has 2 atom stereocenters. The van der Waals surface area contributed by atoms with Crippen LogP contribution in [0.1, 0.15) is 38.8 Å². The lowest BCUT2D eigenvalue weighted by Crippen LogP contribution is -2.43. The van der Waals surface area contributed by atoms with Gasteiger partial charge in [0.1, 0.15) is 5.75 Å². The number of carbonyl (C=O) groups excluding carboxylic acids is 2. The molecule has 0 saturated carbocycles. The number of fused-ring (bicyclic) bond motifs is 1. The highest BCUT2D eigenvalue weighted by Gasteiger charge is 2.33. The van der Waals surface area contributed by atoms with Crippen molar-refractivity contribution in [1.82, 2.24) is 0 Å². The van der Waals surface area contributed by atoms with E-state index in [0.717, 1.165) is 45.9 Å². The Morgan fingerprint density at radius 2 is 1.73 bits per heavy atom. The van der Waals surface area contributed by atoms with E-state index in [0.29, 0.717) is 0 Å². The monoisotopic (exact) mass is 443 g/mol. The van der Waals surface area contributed by atoms with E-state index in [1.807, 2.05) is 65.6 Å². The predicted molar refractivity (Wildman–Crippen MR) is 133 cm³/mol. The largest absolute Gasteiger partial charge is 0.495 e. The number of carbonyl (C=O) groups is 2. The maximum atomic E-state index is 12.5. The van der Waals surface area contributed by atoms with Crippen LogP contribution in [0, 0.1) is 0 Å². The summed E-state index contributed by atoms with van der Waals surface area (Å²) in [6, 6.07) is 21.9. The third-order valence-corrected chi connectivity index (χ3v) is 5.97. The van der Waals surface area contributed by atoms with Gasteiger partial charge in [0.2, 0.25) is 11.8 Å². The molecule has 6 nitrogen and oxygen atoms in total. The molecule has 0 aromatic heterocycles. The fourth-order valence-electron chi connectivity index (χ4n) is 4.59. The molecule has 0 fully saturated rings. The molecule has 6 heteroatoms. The quantitative estimate of drug-likeness (QED) is 0.537. The molecule has 3 aromatic rings. The minimum atomic E-state index is -0.107. The molecule has 0 aliphatic carbocycles. The molecule has 0 saturated heterocycles. The summed E-state index contributed by atoms with van der Waals surface area (Å²) in [4.78, 5) is 25.8. The maximum Gasteiger partial charge on any atom is 0.224 e. The van der Waals surface area contributed by atoms with Crippen LogP contribution in [0.2, 0.25) is 0 Å². The first-order chi connectivity index (χ1) is 15.9. The van der Waals surface area contributed by atoms with Gasteiger partial charge in [-0.05, 0) is 66.4 Å². The van der Waals surface area contributed by atoms with Crippen LogP contribution in [0.15, 0.2) is 66.7 Å². The third kappa shape index (κ3) is 4.70. The van der Waals surface area contributed by atoms with Crippen LogP contribution < -0.4 is 20.3 Å². The summed E-state index contributed by atoms with van der Waals surface area (Å²) in [6.45, 7) is 5.18. The molecule has 0 unspecified atom stereocenters. The minimum absolute atomic E-state index is 0.000349. The molecule has 0 spiro atoms. The summed E-state index contributed by atoms with van der Waals surface area (Å²) < 4.78 is 5.54. The van der Waals surface area contributed by atoms with Crippen molar-refractivity contribution in [2.45, 2.75) is 39.3 Å². The highest BCUT2D eigenvalue weighted by atomic mass is 16.5. The zero-order valence-corrected chi connectivity index (χ0v) is 19.4. The molecule has 33 heavy (non-hydrogen) atoms. The number of ether oxygens (including phenoxy) is 1. The van der Waals surface area contributed by atoms with E-state index in [2.05, 4.69) is 23.6 Å². The Balaban J connectivity index is 1.77. The average molecular weight is 444 g/mol. The van der Waals surface area contributed by atoms with Gasteiger partial charge in [0.15, 0.2) is 0 Å². The molecule has 4 rings (SSSR count). The van der Waals surface area contributed by atoms with Crippen molar-refractivity contribution in [3.05, 3.63) is 72.3 Å². The summed E-state index contributed by atoms with van der Waals surface area (Å²) in [7, 11) is 1.66. The number of benzene rings is 3. The lowest BCUT2D eigenvalue weighted by Gasteiger charge is -2.40. The molecule has 0 bridgehead atoms. The van der Waals surface area contributed by atoms with Gasteiger partial charge < -0.3 is 20.3 Å². The van der Waals surface area contributed by atoms with Crippen LogP contribution in [-0.4, -0.2) is 25.0 Å². The number of nitrogens with zero attached hydrogens (tertiary/aromatic N) is 1. The number of hydrogen-bond donors (Lipinski definition) is 2. The van der Waals surface area contributed by atoms with Crippen LogP contribution in [0.5, 0.6) is 5.75 Å². The lowest BCUT2D eigenvalue weighted by molar-refractivity contribution is -0.117. The standard InChI is InChI=1S/C27H29N3O3/c1-17-14-25(29-24-10-5-6-11-27(24)33-4)23-16-21(12-13-26(23)30(17)19(3)32)20-8-7-9-22(15-20)28-18(2)31/h5-13,15-17,25,29H,14H2,1-4H3,(H,28,31)/t17-,25+/m0/s1. The zero-order chi connectivity index (χ0) is 23.5. The summed E-state index contributed by atoms with van der Waals surface area (Å²) >= 11 is 0. The molecule has 2 N–H and O–H groups in total. The summed E-state index contributed by atoms with van der Waals surface area (Å²) in [6.07, 6.45) is 0.764. The first-order valence-electron chi connectivity index (χ1n) is 11.1. The zero-order valence-electron chi connectivity index (χ0n) is 19.4.